The summed E-state index contributed by atoms with van der Waals surface area (Å²) in [5, 5.41) is 13.9. The standard InChI is InChI=1S/C31H23BrN2O6/c1-3-39-30(36)21-11-13-23(14-12-21)34-29(35)22(18-33)15-19-16-26(32)28(27(17-19)38-2)40-31(37)25-10-6-8-20-7-4-5-9-24(20)25/h4-17H,3H2,1-2H3,(H,34,35)/b22-15+. The van der Waals surface area contributed by atoms with Gasteiger partial charge in [0.25, 0.3) is 5.91 Å². The lowest BCUT2D eigenvalue weighted by Gasteiger charge is -2.13. The molecule has 9 heteroatoms. The summed E-state index contributed by atoms with van der Waals surface area (Å²) in [6, 6.07) is 24.0. The van der Waals surface area contributed by atoms with Gasteiger partial charge in [-0.25, -0.2) is 9.59 Å². The van der Waals surface area contributed by atoms with Gasteiger partial charge in [-0.05, 0) is 87.7 Å². The molecule has 0 unspecified atom stereocenters. The number of fused-ring (bicyclic) bond motifs is 1. The largest absolute Gasteiger partial charge is 0.493 e. The number of hydrogen-bond donors (Lipinski definition) is 1. The second-order valence-electron chi connectivity index (χ2n) is 8.37. The van der Waals surface area contributed by atoms with E-state index in [-0.39, 0.29) is 23.7 Å². The fourth-order valence-corrected chi connectivity index (χ4v) is 4.43. The van der Waals surface area contributed by atoms with Crippen molar-refractivity contribution in [2.45, 2.75) is 6.92 Å². The lowest BCUT2D eigenvalue weighted by molar-refractivity contribution is -0.112. The molecule has 4 rings (SSSR count). The molecule has 4 aromatic carbocycles. The molecule has 200 valence electrons. The van der Waals surface area contributed by atoms with Crippen molar-refractivity contribution in [3.05, 3.63) is 106 Å². The molecule has 0 radical (unpaired) electrons. The third-order valence-electron chi connectivity index (χ3n) is 5.79. The van der Waals surface area contributed by atoms with Crippen LogP contribution in [0.15, 0.2) is 88.9 Å². The Morgan fingerprint density at radius 1 is 0.975 bits per heavy atom. The number of rotatable bonds is 8. The van der Waals surface area contributed by atoms with E-state index in [2.05, 4.69) is 21.2 Å². The zero-order valence-electron chi connectivity index (χ0n) is 21.6. The summed E-state index contributed by atoms with van der Waals surface area (Å²) in [5.74, 6) is -1.30. The van der Waals surface area contributed by atoms with E-state index in [1.807, 2.05) is 36.4 Å². The summed E-state index contributed by atoms with van der Waals surface area (Å²) in [6.45, 7) is 1.96. The van der Waals surface area contributed by atoms with E-state index in [9.17, 15) is 19.6 Å². The molecule has 0 aromatic heterocycles. The fourth-order valence-electron chi connectivity index (χ4n) is 3.89. The predicted octanol–water partition coefficient (Wildman–Crippen LogP) is 6.55. The van der Waals surface area contributed by atoms with Gasteiger partial charge in [-0.2, -0.15) is 5.26 Å². The highest BCUT2D eigenvalue weighted by molar-refractivity contribution is 9.10. The van der Waals surface area contributed by atoms with Gasteiger partial charge in [0.1, 0.15) is 11.6 Å². The van der Waals surface area contributed by atoms with Gasteiger partial charge in [-0.15, -0.1) is 0 Å². The lowest BCUT2D eigenvalue weighted by atomic mass is 10.0. The normalized spacial score (nSPS) is 10.9. The number of halogens is 1. The van der Waals surface area contributed by atoms with E-state index in [0.717, 1.165) is 10.8 Å². The summed E-state index contributed by atoms with van der Waals surface area (Å²) < 4.78 is 16.5. The number of nitrogens with one attached hydrogen (secondary N) is 1. The van der Waals surface area contributed by atoms with Crippen molar-refractivity contribution in [3.63, 3.8) is 0 Å². The molecule has 0 spiro atoms. The molecule has 0 atom stereocenters. The molecule has 0 saturated heterocycles. The Balaban J connectivity index is 1.55. The van der Waals surface area contributed by atoms with E-state index in [0.29, 0.717) is 26.9 Å². The summed E-state index contributed by atoms with van der Waals surface area (Å²) in [5.41, 5.74) is 1.42. The van der Waals surface area contributed by atoms with Crippen molar-refractivity contribution in [2.24, 2.45) is 0 Å². The zero-order valence-corrected chi connectivity index (χ0v) is 23.2. The maximum absolute atomic E-state index is 13.1. The van der Waals surface area contributed by atoms with Gasteiger partial charge in [-0.1, -0.05) is 36.4 Å². The first-order chi connectivity index (χ1) is 19.3. The van der Waals surface area contributed by atoms with Crippen molar-refractivity contribution in [3.8, 4) is 17.6 Å². The van der Waals surface area contributed by atoms with Gasteiger partial charge in [0.15, 0.2) is 11.5 Å². The highest BCUT2D eigenvalue weighted by atomic mass is 79.9. The van der Waals surface area contributed by atoms with Crippen LogP contribution >= 0.6 is 15.9 Å². The van der Waals surface area contributed by atoms with Crippen molar-refractivity contribution in [2.75, 3.05) is 19.0 Å². The molecule has 0 heterocycles. The van der Waals surface area contributed by atoms with Gasteiger partial charge < -0.3 is 19.5 Å². The van der Waals surface area contributed by atoms with Crippen LogP contribution in [0.25, 0.3) is 16.8 Å². The molecule has 0 aliphatic heterocycles. The Morgan fingerprint density at radius 2 is 1.70 bits per heavy atom. The Hall–Kier alpha value is -4.94. The molecule has 1 amide bonds. The van der Waals surface area contributed by atoms with Crippen molar-refractivity contribution < 1.29 is 28.6 Å². The maximum atomic E-state index is 13.1. The van der Waals surface area contributed by atoms with Gasteiger partial charge in [0.2, 0.25) is 0 Å². The topological polar surface area (TPSA) is 115 Å². The number of hydrogen-bond acceptors (Lipinski definition) is 7. The molecule has 40 heavy (non-hydrogen) atoms. The Bertz CT molecular complexity index is 1670. The highest BCUT2D eigenvalue weighted by Crippen LogP contribution is 2.38. The SMILES string of the molecule is CCOC(=O)c1ccc(NC(=O)/C(C#N)=C/c2cc(Br)c(OC(=O)c3cccc4ccccc34)c(OC)c2)cc1. The maximum Gasteiger partial charge on any atom is 0.344 e. The summed E-state index contributed by atoms with van der Waals surface area (Å²) in [4.78, 5) is 37.7. The molecule has 0 bridgehead atoms. The number of nitrogens with zero attached hydrogens (tertiary/aromatic N) is 1. The lowest BCUT2D eigenvalue weighted by Crippen LogP contribution is -2.14. The molecular formula is C31H23BrN2O6. The van der Waals surface area contributed by atoms with Gasteiger partial charge in [-0.3, -0.25) is 4.79 Å². The number of ether oxygens (including phenoxy) is 3. The minimum absolute atomic E-state index is 0.155. The second-order valence-corrected chi connectivity index (χ2v) is 9.23. The highest BCUT2D eigenvalue weighted by Gasteiger charge is 2.19. The van der Waals surface area contributed by atoms with Crippen LogP contribution in [0.5, 0.6) is 11.5 Å². The van der Waals surface area contributed by atoms with Gasteiger partial charge in [0, 0.05) is 5.69 Å². The smallest absolute Gasteiger partial charge is 0.344 e. The summed E-state index contributed by atoms with van der Waals surface area (Å²) in [7, 11) is 1.42. The molecule has 4 aromatic rings. The summed E-state index contributed by atoms with van der Waals surface area (Å²) in [6.07, 6.45) is 1.38. The zero-order chi connectivity index (χ0) is 28.6. The van der Waals surface area contributed by atoms with Crippen molar-refractivity contribution >= 4 is 56.3 Å². The van der Waals surface area contributed by atoms with Crippen LogP contribution in [0.1, 0.15) is 33.2 Å². The predicted molar refractivity (Wildman–Crippen MR) is 154 cm³/mol. The number of methoxy groups -OCH3 is 1. The first-order valence-electron chi connectivity index (χ1n) is 12.1. The fraction of sp³-hybridized carbons (Fsp3) is 0.0968. The Kier molecular flexibility index (Phi) is 8.94. The van der Waals surface area contributed by atoms with Crippen LogP contribution in [0.2, 0.25) is 0 Å². The van der Waals surface area contributed by atoms with Crippen LogP contribution < -0.4 is 14.8 Å². The minimum Gasteiger partial charge on any atom is -0.493 e. The Morgan fingerprint density at radius 3 is 2.40 bits per heavy atom. The number of amides is 1. The quantitative estimate of drug-likeness (QED) is 0.106. The number of benzene rings is 4. The molecule has 0 saturated carbocycles. The van der Waals surface area contributed by atoms with Crippen LogP contribution in [0.3, 0.4) is 0 Å². The monoisotopic (exact) mass is 598 g/mol. The van der Waals surface area contributed by atoms with E-state index < -0.39 is 17.8 Å². The van der Waals surface area contributed by atoms with Crippen LogP contribution in [0.4, 0.5) is 5.69 Å². The average Bonchev–Trinajstić information content (AvgIpc) is 2.97. The van der Waals surface area contributed by atoms with Gasteiger partial charge in [0.05, 0.1) is 29.3 Å². The Labute approximate surface area is 238 Å². The van der Waals surface area contributed by atoms with Crippen molar-refractivity contribution in [1.29, 1.82) is 5.26 Å². The van der Waals surface area contributed by atoms with E-state index in [4.69, 9.17) is 14.2 Å². The number of carbonyl (C=O) groups is 3. The number of esters is 2. The van der Waals surface area contributed by atoms with Crippen LogP contribution in [-0.2, 0) is 9.53 Å². The van der Waals surface area contributed by atoms with E-state index in [1.54, 1.807) is 31.2 Å². The number of carbonyl (C=O) groups excluding carboxylic acids is 3. The minimum atomic E-state index is -0.645. The molecular weight excluding hydrogens is 576 g/mol. The van der Waals surface area contributed by atoms with E-state index >= 15 is 0 Å². The van der Waals surface area contributed by atoms with Crippen LogP contribution in [0, 0.1) is 11.3 Å². The average molecular weight is 599 g/mol. The third kappa shape index (κ3) is 6.37. The van der Waals surface area contributed by atoms with Crippen molar-refractivity contribution in [1.82, 2.24) is 0 Å². The number of nitriles is 1. The van der Waals surface area contributed by atoms with Gasteiger partial charge >= 0.3 is 11.9 Å². The summed E-state index contributed by atoms with van der Waals surface area (Å²) >= 11 is 3.41. The second kappa shape index (κ2) is 12.7. The first kappa shape index (κ1) is 28.1. The van der Waals surface area contributed by atoms with Crippen LogP contribution in [-0.4, -0.2) is 31.6 Å². The first-order valence-corrected chi connectivity index (χ1v) is 12.9. The molecule has 0 aliphatic rings. The molecule has 0 aliphatic carbocycles. The van der Waals surface area contributed by atoms with E-state index in [1.165, 1.54) is 37.5 Å². The number of anilines is 1. The molecule has 8 nitrogen and oxygen atoms in total. The molecule has 0 fully saturated rings. The molecule has 1 N–H and O–H groups in total. The third-order valence-corrected chi connectivity index (χ3v) is 6.38.